The number of rotatable bonds is 10. The Kier molecular flexibility index (Phi) is 8.18. The fraction of sp³-hybridized carbons (Fsp3) is 0.500. The quantitative estimate of drug-likeness (QED) is 0.162. The SMILES string of the molecule is COc1ccc(/C(N)=N/O)cc1CNCCCOCCO. The van der Waals surface area contributed by atoms with Crippen molar-refractivity contribution in [2.24, 2.45) is 10.9 Å². The van der Waals surface area contributed by atoms with Crippen molar-refractivity contribution >= 4 is 5.84 Å². The van der Waals surface area contributed by atoms with Crippen LogP contribution in [0.15, 0.2) is 23.4 Å². The summed E-state index contributed by atoms with van der Waals surface area (Å²) in [6, 6.07) is 5.35. The van der Waals surface area contributed by atoms with Crippen LogP contribution in [0.4, 0.5) is 0 Å². The molecular formula is C14H23N3O4. The average molecular weight is 297 g/mol. The number of benzene rings is 1. The molecule has 5 N–H and O–H groups in total. The summed E-state index contributed by atoms with van der Waals surface area (Å²) in [7, 11) is 1.60. The maximum Gasteiger partial charge on any atom is 0.170 e. The summed E-state index contributed by atoms with van der Waals surface area (Å²) in [6.07, 6.45) is 0.849. The lowest BCUT2D eigenvalue weighted by Crippen LogP contribution is -2.18. The van der Waals surface area contributed by atoms with Crippen molar-refractivity contribution in [3.8, 4) is 5.75 Å². The molecule has 0 unspecified atom stereocenters. The molecule has 0 fully saturated rings. The Hall–Kier alpha value is -1.83. The fourth-order valence-electron chi connectivity index (χ4n) is 1.82. The van der Waals surface area contributed by atoms with Crippen LogP contribution in [0.25, 0.3) is 0 Å². The van der Waals surface area contributed by atoms with E-state index in [1.54, 1.807) is 19.2 Å². The normalized spacial score (nSPS) is 11.6. The smallest absolute Gasteiger partial charge is 0.170 e. The number of oxime groups is 1. The second-order valence-electron chi connectivity index (χ2n) is 4.38. The van der Waals surface area contributed by atoms with E-state index in [2.05, 4.69) is 10.5 Å². The van der Waals surface area contributed by atoms with E-state index in [0.29, 0.717) is 25.3 Å². The van der Waals surface area contributed by atoms with Crippen molar-refractivity contribution in [1.29, 1.82) is 0 Å². The third-order valence-electron chi connectivity index (χ3n) is 2.88. The predicted molar refractivity (Wildman–Crippen MR) is 79.7 cm³/mol. The van der Waals surface area contributed by atoms with Gasteiger partial charge in [-0.15, -0.1) is 0 Å². The molecule has 0 spiro atoms. The highest BCUT2D eigenvalue weighted by Gasteiger charge is 2.07. The summed E-state index contributed by atoms with van der Waals surface area (Å²) in [5.41, 5.74) is 7.15. The Morgan fingerprint density at radius 1 is 1.38 bits per heavy atom. The van der Waals surface area contributed by atoms with Crippen LogP contribution in [0.3, 0.4) is 0 Å². The average Bonchev–Trinajstić information content (AvgIpc) is 2.53. The molecule has 7 heteroatoms. The van der Waals surface area contributed by atoms with E-state index >= 15 is 0 Å². The van der Waals surface area contributed by atoms with Crippen LogP contribution in [-0.4, -0.2) is 49.6 Å². The lowest BCUT2D eigenvalue weighted by Gasteiger charge is -2.11. The highest BCUT2D eigenvalue weighted by atomic mass is 16.5. The molecule has 0 bridgehead atoms. The standard InChI is InChI=1S/C14H23N3O4/c1-20-13-4-3-11(14(15)17-19)9-12(13)10-16-5-2-7-21-8-6-18/h3-4,9,16,18-19H,2,5-8,10H2,1H3,(H2,15,17). The molecule has 7 nitrogen and oxygen atoms in total. The highest BCUT2D eigenvalue weighted by Crippen LogP contribution is 2.19. The van der Waals surface area contributed by atoms with Gasteiger partial charge < -0.3 is 30.8 Å². The zero-order valence-electron chi connectivity index (χ0n) is 12.2. The maximum absolute atomic E-state index is 8.71. The van der Waals surface area contributed by atoms with Crippen LogP contribution in [0.2, 0.25) is 0 Å². The van der Waals surface area contributed by atoms with Crippen molar-refractivity contribution in [2.75, 3.05) is 33.5 Å². The van der Waals surface area contributed by atoms with Gasteiger partial charge >= 0.3 is 0 Å². The molecule has 0 aliphatic rings. The molecule has 1 aromatic rings. The van der Waals surface area contributed by atoms with E-state index in [-0.39, 0.29) is 12.4 Å². The van der Waals surface area contributed by atoms with Gasteiger partial charge in [-0.25, -0.2) is 0 Å². The zero-order valence-corrected chi connectivity index (χ0v) is 12.2. The first-order valence-corrected chi connectivity index (χ1v) is 6.77. The van der Waals surface area contributed by atoms with Crippen LogP contribution in [0.1, 0.15) is 17.5 Å². The van der Waals surface area contributed by atoms with Gasteiger partial charge in [-0.2, -0.15) is 0 Å². The molecule has 1 aromatic carbocycles. The first kappa shape index (κ1) is 17.2. The molecule has 0 saturated carbocycles. The molecule has 118 valence electrons. The van der Waals surface area contributed by atoms with Gasteiger partial charge in [0.15, 0.2) is 5.84 Å². The number of hydrogen-bond acceptors (Lipinski definition) is 6. The van der Waals surface area contributed by atoms with Gasteiger partial charge in [0.05, 0.1) is 20.3 Å². The molecule has 1 rings (SSSR count). The number of ether oxygens (including phenoxy) is 2. The Morgan fingerprint density at radius 2 is 2.19 bits per heavy atom. The minimum atomic E-state index is 0.0469. The maximum atomic E-state index is 8.71. The predicted octanol–water partition coefficient (Wildman–Crippen LogP) is 0.278. The zero-order chi connectivity index (χ0) is 15.5. The molecule has 0 aromatic heterocycles. The van der Waals surface area contributed by atoms with Gasteiger partial charge in [-0.3, -0.25) is 0 Å². The summed E-state index contributed by atoms with van der Waals surface area (Å²) in [5.74, 6) is 0.810. The lowest BCUT2D eigenvalue weighted by atomic mass is 10.1. The largest absolute Gasteiger partial charge is 0.496 e. The van der Waals surface area contributed by atoms with Gasteiger partial charge in [-0.1, -0.05) is 5.16 Å². The van der Waals surface area contributed by atoms with Gasteiger partial charge in [-0.05, 0) is 31.2 Å². The third kappa shape index (κ3) is 5.99. The number of aliphatic hydroxyl groups is 1. The molecule has 0 heterocycles. The molecular weight excluding hydrogens is 274 g/mol. The summed E-state index contributed by atoms with van der Waals surface area (Å²) in [5, 5.41) is 23.5. The van der Waals surface area contributed by atoms with E-state index in [9.17, 15) is 0 Å². The number of amidine groups is 1. The lowest BCUT2D eigenvalue weighted by molar-refractivity contribution is 0.0907. The summed E-state index contributed by atoms with van der Waals surface area (Å²) < 4.78 is 10.5. The first-order valence-electron chi connectivity index (χ1n) is 6.77. The highest BCUT2D eigenvalue weighted by molar-refractivity contribution is 5.97. The van der Waals surface area contributed by atoms with E-state index in [0.717, 1.165) is 24.3 Å². The molecule has 0 amide bonds. The molecule has 0 radical (unpaired) electrons. The van der Waals surface area contributed by atoms with E-state index in [4.69, 9.17) is 25.5 Å². The van der Waals surface area contributed by atoms with Gasteiger partial charge in [0.25, 0.3) is 0 Å². The number of hydrogen-bond donors (Lipinski definition) is 4. The number of nitrogens with zero attached hydrogens (tertiary/aromatic N) is 1. The third-order valence-corrected chi connectivity index (χ3v) is 2.88. The number of methoxy groups -OCH3 is 1. The molecule has 0 saturated heterocycles. The number of nitrogens with one attached hydrogen (secondary N) is 1. The van der Waals surface area contributed by atoms with Crippen LogP contribution in [-0.2, 0) is 11.3 Å². The van der Waals surface area contributed by atoms with Crippen molar-refractivity contribution < 1.29 is 19.8 Å². The molecule has 21 heavy (non-hydrogen) atoms. The van der Waals surface area contributed by atoms with Gasteiger partial charge in [0.2, 0.25) is 0 Å². The number of aliphatic hydroxyl groups excluding tert-OH is 1. The molecule has 0 aliphatic carbocycles. The minimum Gasteiger partial charge on any atom is -0.496 e. The second kappa shape index (κ2) is 9.98. The molecule has 0 aliphatic heterocycles. The minimum absolute atomic E-state index is 0.0469. The van der Waals surface area contributed by atoms with Crippen molar-refractivity contribution in [1.82, 2.24) is 5.32 Å². The van der Waals surface area contributed by atoms with Crippen LogP contribution < -0.4 is 15.8 Å². The Balaban J connectivity index is 2.49. The van der Waals surface area contributed by atoms with Crippen LogP contribution in [0, 0.1) is 0 Å². The van der Waals surface area contributed by atoms with Crippen LogP contribution in [0.5, 0.6) is 5.75 Å². The molecule has 0 atom stereocenters. The fourth-order valence-corrected chi connectivity index (χ4v) is 1.82. The van der Waals surface area contributed by atoms with Crippen molar-refractivity contribution in [2.45, 2.75) is 13.0 Å². The summed E-state index contributed by atoms with van der Waals surface area (Å²) in [6.45, 7) is 2.41. The van der Waals surface area contributed by atoms with Crippen molar-refractivity contribution in [3.63, 3.8) is 0 Å². The van der Waals surface area contributed by atoms with E-state index in [1.165, 1.54) is 0 Å². The summed E-state index contributed by atoms with van der Waals surface area (Å²) >= 11 is 0. The van der Waals surface area contributed by atoms with Gasteiger partial charge in [0, 0.05) is 24.3 Å². The number of nitrogens with two attached hydrogens (primary N) is 1. The monoisotopic (exact) mass is 297 g/mol. The van der Waals surface area contributed by atoms with Crippen LogP contribution >= 0.6 is 0 Å². The first-order chi connectivity index (χ1) is 10.2. The van der Waals surface area contributed by atoms with Crippen molar-refractivity contribution in [3.05, 3.63) is 29.3 Å². The Bertz CT molecular complexity index is 452. The Morgan fingerprint density at radius 3 is 2.86 bits per heavy atom. The van der Waals surface area contributed by atoms with E-state index in [1.807, 2.05) is 6.07 Å². The topological polar surface area (TPSA) is 109 Å². The van der Waals surface area contributed by atoms with E-state index < -0.39 is 0 Å². The Labute approximate surface area is 124 Å². The second-order valence-corrected chi connectivity index (χ2v) is 4.38. The summed E-state index contributed by atoms with van der Waals surface area (Å²) in [4.78, 5) is 0. The van der Waals surface area contributed by atoms with Gasteiger partial charge in [0.1, 0.15) is 5.75 Å².